The van der Waals surface area contributed by atoms with Crippen molar-refractivity contribution >= 4 is 17.4 Å². The Kier molecular flexibility index (Phi) is 5.47. The van der Waals surface area contributed by atoms with Gasteiger partial charge in [0.05, 0.1) is 5.69 Å². The number of hydrogen-bond acceptors (Lipinski definition) is 3. The maximum atomic E-state index is 13.3. The van der Waals surface area contributed by atoms with Gasteiger partial charge in [0.15, 0.2) is 5.78 Å². The predicted molar refractivity (Wildman–Crippen MR) is 91.1 cm³/mol. The Labute approximate surface area is 140 Å². The standard InChI is InChI=1S/C19H18FNO3/c1-12(2)11-24-18-8-7-14(13(3)22)10-17(18)21-19(23)15-5-4-6-16(20)9-15/h4-10H,1,11H2,2-3H3,(H,21,23). The van der Waals surface area contributed by atoms with E-state index in [1.165, 1.54) is 31.2 Å². The molecular weight excluding hydrogens is 309 g/mol. The summed E-state index contributed by atoms with van der Waals surface area (Å²) in [6.07, 6.45) is 0. The number of Topliss-reactive ketones (excluding diaryl/α,β-unsaturated/α-hetero) is 1. The third-order valence-electron chi connectivity index (χ3n) is 3.20. The highest BCUT2D eigenvalue weighted by Gasteiger charge is 2.13. The highest BCUT2D eigenvalue weighted by molar-refractivity contribution is 6.06. The summed E-state index contributed by atoms with van der Waals surface area (Å²) in [5.41, 5.74) is 1.77. The van der Waals surface area contributed by atoms with Crippen molar-refractivity contribution in [2.45, 2.75) is 13.8 Å². The predicted octanol–water partition coefficient (Wildman–Crippen LogP) is 4.24. The molecule has 0 saturated heterocycles. The lowest BCUT2D eigenvalue weighted by Crippen LogP contribution is -2.14. The normalized spacial score (nSPS) is 10.1. The fourth-order valence-corrected chi connectivity index (χ4v) is 2.00. The second kappa shape index (κ2) is 7.55. The number of ether oxygens (including phenoxy) is 1. The first-order valence-corrected chi connectivity index (χ1v) is 7.36. The van der Waals surface area contributed by atoms with Crippen LogP contribution in [0.5, 0.6) is 5.75 Å². The van der Waals surface area contributed by atoms with Crippen LogP contribution in [0.4, 0.5) is 10.1 Å². The average Bonchev–Trinajstić information content (AvgIpc) is 2.53. The van der Waals surface area contributed by atoms with Gasteiger partial charge in [-0.15, -0.1) is 0 Å². The molecule has 4 nitrogen and oxygen atoms in total. The van der Waals surface area contributed by atoms with Gasteiger partial charge >= 0.3 is 0 Å². The second-order valence-corrected chi connectivity index (χ2v) is 5.48. The number of hydrogen-bond donors (Lipinski definition) is 1. The first kappa shape index (κ1) is 17.4. The van der Waals surface area contributed by atoms with Gasteiger partial charge in [-0.1, -0.05) is 12.6 Å². The number of carbonyl (C=O) groups excluding carboxylic acids is 2. The Hall–Kier alpha value is -2.95. The van der Waals surface area contributed by atoms with Crippen molar-refractivity contribution in [1.29, 1.82) is 0 Å². The van der Waals surface area contributed by atoms with Crippen LogP contribution in [0.15, 0.2) is 54.6 Å². The first-order chi connectivity index (χ1) is 11.4. The lowest BCUT2D eigenvalue weighted by molar-refractivity contribution is 0.101. The number of nitrogens with one attached hydrogen (secondary N) is 1. The molecule has 5 heteroatoms. The molecule has 0 aliphatic carbocycles. The minimum Gasteiger partial charge on any atom is -0.487 e. The number of ketones is 1. The van der Waals surface area contributed by atoms with Gasteiger partial charge in [0.2, 0.25) is 0 Å². The van der Waals surface area contributed by atoms with Crippen LogP contribution in [0.25, 0.3) is 0 Å². The number of amides is 1. The molecule has 2 rings (SSSR count). The average molecular weight is 327 g/mol. The van der Waals surface area contributed by atoms with Crippen LogP contribution in [0.1, 0.15) is 34.6 Å². The molecule has 0 aromatic heterocycles. The Morgan fingerprint density at radius 3 is 2.50 bits per heavy atom. The van der Waals surface area contributed by atoms with Crippen molar-refractivity contribution in [3.8, 4) is 5.75 Å². The van der Waals surface area contributed by atoms with Crippen LogP contribution < -0.4 is 10.1 Å². The molecule has 0 saturated carbocycles. The van der Waals surface area contributed by atoms with Crippen LogP contribution in [0.3, 0.4) is 0 Å². The summed E-state index contributed by atoms with van der Waals surface area (Å²) in [4.78, 5) is 23.9. The summed E-state index contributed by atoms with van der Waals surface area (Å²) < 4.78 is 18.9. The number of benzene rings is 2. The molecule has 0 atom stereocenters. The molecule has 2 aromatic carbocycles. The van der Waals surface area contributed by atoms with Gasteiger partial charge in [-0.05, 0) is 55.8 Å². The summed E-state index contributed by atoms with van der Waals surface area (Å²) in [5.74, 6) is -0.718. The van der Waals surface area contributed by atoms with E-state index >= 15 is 0 Å². The van der Waals surface area contributed by atoms with Gasteiger partial charge in [-0.2, -0.15) is 0 Å². The zero-order valence-corrected chi connectivity index (χ0v) is 13.6. The van der Waals surface area contributed by atoms with E-state index in [0.29, 0.717) is 17.0 Å². The van der Waals surface area contributed by atoms with E-state index in [1.54, 1.807) is 12.1 Å². The third-order valence-corrected chi connectivity index (χ3v) is 3.20. The number of halogens is 1. The van der Waals surface area contributed by atoms with E-state index in [0.717, 1.165) is 11.6 Å². The third kappa shape index (κ3) is 4.52. The van der Waals surface area contributed by atoms with Crippen molar-refractivity contribution in [2.24, 2.45) is 0 Å². The monoisotopic (exact) mass is 327 g/mol. The summed E-state index contributed by atoms with van der Waals surface area (Å²) in [6.45, 7) is 7.28. The van der Waals surface area contributed by atoms with Gasteiger partial charge in [0.1, 0.15) is 18.2 Å². The SMILES string of the molecule is C=C(C)COc1ccc(C(C)=O)cc1NC(=O)c1cccc(F)c1. The zero-order valence-electron chi connectivity index (χ0n) is 13.6. The minimum absolute atomic E-state index is 0.136. The van der Waals surface area contributed by atoms with E-state index in [4.69, 9.17) is 4.74 Å². The molecular formula is C19H18FNO3. The minimum atomic E-state index is -0.501. The van der Waals surface area contributed by atoms with Crippen LogP contribution in [0, 0.1) is 5.82 Å². The maximum Gasteiger partial charge on any atom is 0.255 e. The fourth-order valence-electron chi connectivity index (χ4n) is 2.00. The summed E-state index contributed by atoms with van der Waals surface area (Å²) in [5, 5.41) is 2.66. The zero-order chi connectivity index (χ0) is 17.7. The van der Waals surface area contributed by atoms with Crippen molar-refractivity contribution in [3.05, 3.63) is 71.6 Å². The van der Waals surface area contributed by atoms with Gasteiger partial charge in [-0.3, -0.25) is 9.59 Å². The van der Waals surface area contributed by atoms with E-state index in [2.05, 4.69) is 11.9 Å². The smallest absolute Gasteiger partial charge is 0.255 e. The summed E-state index contributed by atoms with van der Waals surface area (Å²) in [6, 6.07) is 10.1. The highest BCUT2D eigenvalue weighted by atomic mass is 19.1. The molecule has 0 spiro atoms. The highest BCUT2D eigenvalue weighted by Crippen LogP contribution is 2.27. The van der Waals surface area contributed by atoms with Gasteiger partial charge < -0.3 is 10.1 Å². The molecule has 24 heavy (non-hydrogen) atoms. The Morgan fingerprint density at radius 2 is 1.88 bits per heavy atom. The van der Waals surface area contributed by atoms with E-state index in [1.807, 2.05) is 6.92 Å². The van der Waals surface area contributed by atoms with Crippen molar-refractivity contribution < 1.29 is 18.7 Å². The molecule has 0 unspecified atom stereocenters. The molecule has 1 amide bonds. The van der Waals surface area contributed by atoms with Crippen molar-refractivity contribution in [3.63, 3.8) is 0 Å². The van der Waals surface area contributed by atoms with Crippen LogP contribution in [0.2, 0.25) is 0 Å². The molecule has 0 aliphatic rings. The molecule has 2 aromatic rings. The lowest BCUT2D eigenvalue weighted by Gasteiger charge is -2.14. The summed E-state index contributed by atoms with van der Waals surface area (Å²) >= 11 is 0. The molecule has 0 fully saturated rings. The fraction of sp³-hybridized carbons (Fsp3) is 0.158. The van der Waals surface area contributed by atoms with Crippen LogP contribution >= 0.6 is 0 Å². The van der Waals surface area contributed by atoms with Crippen molar-refractivity contribution in [2.75, 3.05) is 11.9 Å². The lowest BCUT2D eigenvalue weighted by atomic mass is 10.1. The second-order valence-electron chi connectivity index (χ2n) is 5.48. The Balaban J connectivity index is 2.31. The molecule has 1 N–H and O–H groups in total. The van der Waals surface area contributed by atoms with E-state index < -0.39 is 11.7 Å². The van der Waals surface area contributed by atoms with Crippen LogP contribution in [-0.4, -0.2) is 18.3 Å². The maximum absolute atomic E-state index is 13.3. The molecule has 124 valence electrons. The number of anilines is 1. The quantitative estimate of drug-likeness (QED) is 0.638. The largest absolute Gasteiger partial charge is 0.487 e. The Bertz CT molecular complexity index is 799. The van der Waals surface area contributed by atoms with Gasteiger partial charge in [-0.25, -0.2) is 4.39 Å². The molecule has 0 bridgehead atoms. The van der Waals surface area contributed by atoms with Gasteiger partial charge in [0, 0.05) is 11.1 Å². The first-order valence-electron chi connectivity index (χ1n) is 7.36. The van der Waals surface area contributed by atoms with Crippen LogP contribution in [-0.2, 0) is 0 Å². The summed E-state index contributed by atoms with van der Waals surface area (Å²) in [7, 11) is 0. The molecule has 0 heterocycles. The van der Waals surface area contributed by atoms with E-state index in [-0.39, 0.29) is 18.0 Å². The Morgan fingerprint density at radius 1 is 1.12 bits per heavy atom. The molecule has 0 radical (unpaired) electrons. The number of rotatable bonds is 6. The molecule has 0 aliphatic heterocycles. The van der Waals surface area contributed by atoms with E-state index in [9.17, 15) is 14.0 Å². The topological polar surface area (TPSA) is 55.4 Å². The van der Waals surface area contributed by atoms with Crippen molar-refractivity contribution in [1.82, 2.24) is 0 Å². The van der Waals surface area contributed by atoms with Gasteiger partial charge in [0.25, 0.3) is 5.91 Å². The number of carbonyl (C=O) groups is 2.